The van der Waals surface area contributed by atoms with Crippen LogP contribution in [0.25, 0.3) is 0 Å². The molecule has 0 saturated carbocycles. The second kappa shape index (κ2) is 5.15. The molecule has 0 N–H and O–H groups in total. The number of nitrogens with zero attached hydrogens (tertiary/aromatic N) is 1. The Hall–Kier alpha value is -2.20. The summed E-state index contributed by atoms with van der Waals surface area (Å²) in [5, 5.41) is 1.46. The molecule has 0 unspecified atom stereocenters. The average molecular weight is 335 g/mol. The molecule has 122 valence electrons. The normalized spacial score (nSPS) is 19.6. The van der Waals surface area contributed by atoms with Crippen molar-refractivity contribution < 1.29 is 9.59 Å². The van der Waals surface area contributed by atoms with Crippen molar-refractivity contribution in [1.82, 2.24) is 4.90 Å². The Bertz CT molecular complexity index is 831. The maximum absolute atomic E-state index is 12.8. The molecule has 4 rings (SSSR count). The Balaban J connectivity index is 1.78. The highest BCUT2D eigenvalue weighted by Gasteiger charge is 2.43. The number of amides is 2. The Morgan fingerprint density at radius 2 is 1.54 bits per heavy atom. The third-order valence-corrected chi connectivity index (χ3v) is 7.27. The van der Waals surface area contributed by atoms with Crippen LogP contribution in [0.3, 0.4) is 0 Å². The van der Waals surface area contributed by atoms with E-state index in [9.17, 15) is 9.59 Å². The van der Waals surface area contributed by atoms with Gasteiger partial charge in [0.15, 0.2) is 0 Å². The van der Waals surface area contributed by atoms with Crippen LogP contribution in [0, 0.1) is 0 Å². The van der Waals surface area contributed by atoms with Gasteiger partial charge < -0.3 is 0 Å². The lowest BCUT2D eigenvalue weighted by molar-refractivity contribution is 0.0582. The number of carbonyl (C=O) groups is 2. The minimum atomic E-state index is -1.45. The highest BCUT2D eigenvalue weighted by Crippen LogP contribution is 2.39. The van der Waals surface area contributed by atoms with Crippen molar-refractivity contribution >= 4 is 25.1 Å². The number of imide groups is 1. The number of benzene rings is 2. The van der Waals surface area contributed by atoms with E-state index in [1.807, 2.05) is 12.1 Å². The molecule has 24 heavy (non-hydrogen) atoms. The lowest BCUT2D eigenvalue weighted by Crippen LogP contribution is -2.40. The summed E-state index contributed by atoms with van der Waals surface area (Å²) in [7, 11) is -1.45. The maximum Gasteiger partial charge on any atom is 0.262 e. The summed E-state index contributed by atoms with van der Waals surface area (Å²) in [5.41, 5.74) is 3.62. The van der Waals surface area contributed by atoms with Crippen LogP contribution in [0.4, 0.5) is 0 Å². The van der Waals surface area contributed by atoms with E-state index in [1.165, 1.54) is 21.2 Å². The minimum absolute atomic E-state index is 0.122. The fourth-order valence-corrected chi connectivity index (χ4v) is 5.87. The molecule has 2 aromatic rings. The molecule has 0 bridgehead atoms. The molecule has 2 aliphatic rings. The van der Waals surface area contributed by atoms with Crippen LogP contribution in [-0.2, 0) is 6.42 Å². The van der Waals surface area contributed by atoms with Gasteiger partial charge in [0.05, 0.1) is 25.2 Å². The topological polar surface area (TPSA) is 37.4 Å². The van der Waals surface area contributed by atoms with Gasteiger partial charge >= 0.3 is 0 Å². The zero-order chi connectivity index (χ0) is 17.1. The molecule has 0 aromatic heterocycles. The molecule has 0 spiro atoms. The fourth-order valence-electron chi connectivity index (χ4n) is 4.09. The largest absolute Gasteiger partial charge is 0.269 e. The molecule has 0 fully saturated rings. The molecule has 2 amide bonds. The lowest BCUT2D eigenvalue weighted by Gasteiger charge is -2.25. The molecule has 1 heterocycles. The molecular weight excluding hydrogens is 314 g/mol. The highest BCUT2D eigenvalue weighted by atomic mass is 28.3. The third-order valence-electron chi connectivity index (χ3n) is 5.18. The molecule has 0 saturated heterocycles. The summed E-state index contributed by atoms with van der Waals surface area (Å²) in [4.78, 5) is 27.1. The molecule has 1 atom stereocenters. The number of carbonyl (C=O) groups excluding carboxylic acids is 2. The Kier molecular flexibility index (Phi) is 3.29. The van der Waals surface area contributed by atoms with E-state index in [1.54, 1.807) is 12.1 Å². The van der Waals surface area contributed by atoms with Crippen molar-refractivity contribution in [3.05, 3.63) is 64.7 Å². The van der Waals surface area contributed by atoms with Crippen molar-refractivity contribution in [3.63, 3.8) is 0 Å². The molecular formula is C20H21NO2Si. The predicted octanol–water partition coefficient (Wildman–Crippen LogP) is 3.52. The first-order valence-corrected chi connectivity index (χ1v) is 12.0. The Morgan fingerprint density at radius 1 is 0.917 bits per heavy atom. The Morgan fingerprint density at radius 3 is 2.12 bits per heavy atom. The van der Waals surface area contributed by atoms with Gasteiger partial charge in [-0.05, 0) is 36.1 Å². The molecule has 2 aromatic carbocycles. The SMILES string of the molecule is C[Si](C)(C)c1cccc2c1CC[C@H]2N1C(=O)c2ccccc2C1=O. The van der Waals surface area contributed by atoms with Crippen molar-refractivity contribution in [2.24, 2.45) is 0 Å². The number of rotatable bonds is 2. The van der Waals surface area contributed by atoms with Gasteiger partial charge in [-0.25, -0.2) is 0 Å². The molecule has 1 aliphatic carbocycles. The summed E-state index contributed by atoms with van der Waals surface area (Å²) in [6, 6.07) is 13.4. The Labute approximate surface area is 143 Å². The van der Waals surface area contributed by atoms with E-state index in [2.05, 4.69) is 37.8 Å². The van der Waals surface area contributed by atoms with Gasteiger partial charge in [-0.2, -0.15) is 0 Å². The van der Waals surface area contributed by atoms with Gasteiger partial charge in [-0.3, -0.25) is 14.5 Å². The zero-order valence-corrected chi connectivity index (χ0v) is 15.3. The number of hydrogen-bond donors (Lipinski definition) is 0. The van der Waals surface area contributed by atoms with E-state index in [0.717, 1.165) is 12.8 Å². The summed E-state index contributed by atoms with van der Waals surface area (Å²) >= 11 is 0. The van der Waals surface area contributed by atoms with E-state index < -0.39 is 8.07 Å². The van der Waals surface area contributed by atoms with E-state index in [4.69, 9.17) is 0 Å². The monoisotopic (exact) mass is 335 g/mol. The van der Waals surface area contributed by atoms with Crippen LogP contribution in [-0.4, -0.2) is 24.8 Å². The summed E-state index contributed by atoms with van der Waals surface area (Å²) in [5.74, 6) is -0.293. The molecule has 3 nitrogen and oxygen atoms in total. The van der Waals surface area contributed by atoms with Gasteiger partial charge in [-0.15, -0.1) is 0 Å². The summed E-state index contributed by atoms with van der Waals surface area (Å²) in [6.07, 6.45) is 1.79. The third kappa shape index (κ3) is 2.09. The maximum atomic E-state index is 12.8. The first-order chi connectivity index (χ1) is 11.4. The van der Waals surface area contributed by atoms with Crippen LogP contribution >= 0.6 is 0 Å². The van der Waals surface area contributed by atoms with Crippen LogP contribution in [0.2, 0.25) is 19.6 Å². The van der Waals surface area contributed by atoms with Crippen LogP contribution < -0.4 is 5.19 Å². The minimum Gasteiger partial charge on any atom is -0.269 e. The van der Waals surface area contributed by atoms with E-state index in [0.29, 0.717) is 11.1 Å². The van der Waals surface area contributed by atoms with E-state index in [-0.39, 0.29) is 17.9 Å². The second-order valence-corrected chi connectivity index (χ2v) is 12.7. The van der Waals surface area contributed by atoms with Gasteiger partial charge in [-0.1, -0.05) is 55.2 Å². The predicted molar refractivity (Wildman–Crippen MR) is 97.4 cm³/mol. The first-order valence-electron chi connectivity index (χ1n) is 8.49. The summed E-state index contributed by atoms with van der Waals surface area (Å²) in [6.45, 7) is 7.04. The van der Waals surface area contributed by atoms with Crippen molar-refractivity contribution in [2.75, 3.05) is 0 Å². The fraction of sp³-hybridized carbons (Fsp3) is 0.300. The zero-order valence-electron chi connectivity index (χ0n) is 14.3. The summed E-state index contributed by atoms with van der Waals surface area (Å²) < 4.78 is 0. The molecule has 1 aliphatic heterocycles. The highest BCUT2D eigenvalue weighted by molar-refractivity contribution is 6.89. The van der Waals surface area contributed by atoms with Crippen LogP contribution in [0.15, 0.2) is 42.5 Å². The van der Waals surface area contributed by atoms with Crippen molar-refractivity contribution in [1.29, 1.82) is 0 Å². The first kappa shape index (κ1) is 15.3. The van der Waals surface area contributed by atoms with Gasteiger partial charge in [0.1, 0.15) is 0 Å². The second-order valence-electron chi connectivity index (χ2n) is 7.70. The van der Waals surface area contributed by atoms with Crippen LogP contribution in [0.5, 0.6) is 0 Å². The van der Waals surface area contributed by atoms with Crippen molar-refractivity contribution in [2.45, 2.75) is 38.5 Å². The van der Waals surface area contributed by atoms with Crippen LogP contribution in [0.1, 0.15) is 44.3 Å². The lowest BCUT2D eigenvalue weighted by atomic mass is 10.1. The molecule has 4 heteroatoms. The van der Waals surface area contributed by atoms with Gasteiger partial charge in [0, 0.05) is 0 Å². The smallest absolute Gasteiger partial charge is 0.262 e. The van der Waals surface area contributed by atoms with E-state index >= 15 is 0 Å². The quantitative estimate of drug-likeness (QED) is 0.622. The average Bonchev–Trinajstić information content (AvgIpc) is 3.07. The number of fused-ring (bicyclic) bond motifs is 2. The van der Waals surface area contributed by atoms with Gasteiger partial charge in [0.25, 0.3) is 11.8 Å². The van der Waals surface area contributed by atoms with Gasteiger partial charge in [0.2, 0.25) is 0 Å². The van der Waals surface area contributed by atoms with Crippen molar-refractivity contribution in [3.8, 4) is 0 Å². The molecule has 0 radical (unpaired) electrons. The number of hydrogen-bond acceptors (Lipinski definition) is 2. The standard InChI is InChI=1S/C20H21NO2Si/c1-24(2,3)18-10-6-9-13-14(18)11-12-17(13)21-19(22)15-7-4-5-8-16(15)20(21)23/h4-10,17H,11-12H2,1-3H3/t17-/m1/s1.